The highest BCUT2D eigenvalue weighted by Gasteiger charge is 2.23. The largest absolute Gasteiger partial charge is 0.366 e. The van der Waals surface area contributed by atoms with Gasteiger partial charge in [-0.25, -0.2) is 8.78 Å². The number of aromatic nitrogens is 3. The number of hydrogen-bond donors (Lipinski definition) is 0. The van der Waals surface area contributed by atoms with Crippen molar-refractivity contribution >= 4 is 23.4 Å². The van der Waals surface area contributed by atoms with E-state index in [4.69, 9.17) is 0 Å². The third-order valence-electron chi connectivity index (χ3n) is 6.21. The van der Waals surface area contributed by atoms with Crippen LogP contribution < -0.4 is 4.90 Å². The summed E-state index contributed by atoms with van der Waals surface area (Å²) in [6, 6.07) is 20.5. The molecule has 0 unspecified atom stereocenters. The molecule has 0 saturated carbocycles. The number of carbonyl (C=O) groups excluding carboxylic acids is 1. The summed E-state index contributed by atoms with van der Waals surface area (Å²) in [4.78, 5) is 16.8. The van der Waals surface area contributed by atoms with Crippen molar-refractivity contribution in [2.45, 2.75) is 17.8 Å². The smallest absolute Gasteiger partial charge is 0.253 e. The Balaban J connectivity index is 1.19. The lowest BCUT2D eigenvalue weighted by molar-refractivity contribution is 0.0746. The highest BCUT2D eigenvalue weighted by molar-refractivity contribution is 7.98. The van der Waals surface area contributed by atoms with Crippen molar-refractivity contribution in [2.75, 3.05) is 31.1 Å². The molecule has 1 amide bonds. The van der Waals surface area contributed by atoms with E-state index in [1.807, 2.05) is 51.6 Å². The molecule has 2 heterocycles. The lowest BCUT2D eigenvalue weighted by Gasteiger charge is -2.36. The van der Waals surface area contributed by atoms with Crippen LogP contribution in [0.15, 0.2) is 78.0 Å². The molecule has 0 bridgehead atoms. The van der Waals surface area contributed by atoms with Gasteiger partial charge in [-0.05, 0) is 61.0 Å². The number of amides is 1. The standard InChI is InChI=1S/C27H25F2N5OS/c1-19-30-31-27(34(19)23-12-10-22(28)11-13-23)36-18-20-6-8-21(9-7-20)26(35)33-16-14-32(15-17-33)25-5-3-2-4-24(25)29/h2-13H,14-18H2,1H3. The van der Waals surface area contributed by atoms with Crippen molar-refractivity contribution in [3.63, 3.8) is 0 Å². The zero-order valence-electron chi connectivity index (χ0n) is 19.8. The molecule has 36 heavy (non-hydrogen) atoms. The average Bonchev–Trinajstić information content (AvgIpc) is 3.28. The van der Waals surface area contributed by atoms with E-state index >= 15 is 0 Å². The molecule has 4 aromatic rings. The van der Waals surface area contributed by atoms with Gasteiger partial charge in [0.2, 0.25) is 0 Å². The molecule has 0 aliphatic carbocycles. The zero-order valence-corrected chi connectivity index (χ0v) is 20.6. The van der Waals surface area contributed by atoms with Crippen molar-refractivity contribution in [3.05, 3.63) is 101 Å². The fourth-order valence-corrected chi connectivity index (χ4v) is 5.21. The molecule has 1 saturated heterocycles. The minimum Gasteiger partial charge on any atom is -0.366 e. The molecule has 6 nitrogen and oxygen atoms in total. The van der Waals surface area contributed by atoms with E-state index in [0.717, 1.165) is 17.1 Å². The monoisotopic (exact) mass is 505 g/mol. The molecule has 0 atom stereocenters. The fraction of sp³-hybridized carbons (Fsp3) is 0.222. The lowest BCUT2D eigenvalue weighted by atomic mass is 10.1. The number of anilines is 1. The number of hydrogen-bond acceptors (Lipinski definition) is 5. The van der Waals surface area contributed by atoms with Gasteiger partial charge in [0.25, 0.3) is 5.91 Å². The molecule has 9 heteroatoms. The van der Waals surface area contributed by atoms with Crippen molar-refractivity contribution < 1.29 is 13.6 Å². The summed E-state index contributed by atoms with van der Waals surface area (Å²) in [5, 5.41) is 9.15. The normalized spacial score (nSPS) is 13.8. The van der Waals surface area contributed by atoms with Crippen LogP contribution in [0.2, 0.25) is 0 Å². The maximum Gasteiger partial charge on any atom is 0.253 e. The topological polar surface area (TPSA) is 54.3 Å². The van der Waals surface area contributed by atoms with Crippen LogP contribution in [-0.2, 0) is 5.75 Å². The van der Waals surface area contributed by atoms with Gasteiger partial charge < -0.3 is 9.80 Å². The molecule has 0 radical (unpaired) electrons. The van der Waals surface area contributed by atoms with Gasteiger partial charge >= 0.3 is 0 Å². The lowest BCUT2D eigenvalue weighted by Crippen LogP contribution is -2.49. The summed E-state index contributed by atoms with van der Waals surface area (Å²) in [7, 11) is 0. The quantitative estimate of drug-likeness (QED) is 0.341. The molecular weight excluding hydrogens is 480 g/mol. The second kappa shape index (κ2) is 10.5. The van der Waals surface area contributed by atoms with Gasteiger partial charge in [-0.1, -0.05) is 36.0 Å². The first-order valence-electron chi connectivity index (χ1n) is 11.7. The van der Waals surface area contributed by atoms with Crippen LogP contribution in [0, 0.1) is 18.6 Å². The minimum absolute atomic E-state index is 0.0194. The van der Waals surface area contributed by atoms with Gasteiger partial charge in [0, 0.05) is 43.2 Å². The van der Waals surface area contributed by atoms with E-state index < -0.39 is 0 Å². The number of carbonyl (C=O) groups is 1. The molecule has 1 fully saturated rings. The van der Waals surface area contributed by atoms with Crippen molar-refractivity contribution in [3.8, 4) is 5.69 Å². The zero-order chi connectivity index (χ0) is 25.1. The molecule has 3 aromatic carbocycles. The number of benzene rings is 3. The molecule has 0 N–H and O–H groups in total. The molecule has 1 aliphatic heterocycles. The molecule has 184 valence electrons. The van der Waals surface area contributed by atoms with Crippen molar-refractivity contribution in [2.24, 2.45) is 0 Å². The van der Waals surface area contributed by atoms with Gasteiger partial charge in [-0.15, -0.1) is 10.2 Å². The predicted molar refractivity (Wildman–Crippen MR) is 137 cm³/mol. The Hall–Kier alpha value is -3.72. The first-order chi connectivity index (χ1) is 17.5. The van der Waals surface area contributed by atoms with Crippen LogP contribution in [0.3, 0.4) is 0 Å². The average molecular weight is 506 g/mol. The van der Waals surface area contributed by atoms with Crippen molar-refractivity contribution in [1.82, 2.24) is 19.7 Å². The Morgan fingerprint density at radius 1 is 0.889 bits per heavy atom. The maximum atomic E-state index is 14.1. The Morgan fingerprint density at radius 3 is 2.28 bits per heavy atom. The van der Waals surface area contributed by atoms with Crippen LogP contribution in [-0.4, -0.2) is 51.8 Å². The van der Waals surface area contributed by atoms with Gasteiger partial charge in [-0.3, -0.25) is 9.36 Å². The Labute approximate surface area is 212 Å². The molecule has 1 aliphatic rings. The predicted octanol–water partition coefficient (Wildman–Crippen LogP) is 5.11. The molecule has 5 rings (SSSR count). The third kappa shape index (κ3) is 5.11. The Morgan fingerprint density at radius 2 is 1.58 bits per heavy atom. The van der Waals surface area contributed by atoms with Gasteiger partial charge in [-0.2, -0.15) is 0 Å². The fourth-order valence-electron chi connectivity index (χ4n) is 4.26. The summed E-state index contributed by atoms with van der Waals surface area (Å²) in [5.74, 6) is 0.820. The van der Waals surface area contributed by atoms with Gasteiger partial charge in [0.1, 0.15) is 17.5 Å². The molecule has 0 spiro atoms. The number of aryl methyl sites for hydroxylation is 1. The molecular formula is C27H25F2N5OS. The third-order valence-corrected chi connectivity index (χ3v) is 7.21. The number of piperazine rings is 1. The molecule has 1 aromatic heterocycles. The number of nitrogens with zero attached hydrogens (tertiary/aromatic N) is 5. The van der Waals surface area contributed by atoms with Crippen LogP contribution in [0.25, 0.3) is 5.69 Å². The minimum atomic E-state index is -0.291. The van der Waals surface area contributed by atoms with E-state index in [9.17, 15) is 13.6 Å². The summed E-state index contributed by atoms with van der Waals surface area (Å²) in [6.07, 6.45) is 0. The van der Waals surface area contributed by atoms with Crippen LogP contribution >= 0.6 is 11.8 Å². The number of thioether (sulfide) groups is 1. The van der Waals surface area contributed by atoms with E-state index in [-0.39, 0.29) is 17.5 Å². The summed E-state index contributed by atoms with van der Waals surface area (Å²) >= 11 is 1.53. The Bertz CT molecular complexity index is 1350. The maximum absolute atomic E-state index is 14.1. The summed E-state index contributed by atoms with van der Waals surface area (Å²) in [6.45, 7) is 4.13. The SMILES string of the molecule is Cc1nnc(SCc2ccc(C(=O)N3CCN(c4ccccc4F)CC3)cc2)n1-c1ccc(F)cc1. The summed E-state index contributed by atoms with van der Waals surface area (Å²) < 4.78 is 29.3. The van der Waals surface area contributed by atoms with Gasteiger partial charge in [0.15, 0.2) is 5.16 Å². The van der Waals surface area contributed by atoms with E-state index in [1.165, 1.54) is 30.0 Å². The second-order valence-electron chi connectivity index (χ2n) is 8.56. The van der Waals surface area contributed by atoms with Crippen LogP contribution in [0.5, 0.6) is 0 Å². The number of rotatable bonds is 6. The number of para-hydroxylation sites is 1. The van der Waals surface area contributed by atoms with Crippen LogP contribution in [0.4, 0.5) is 14.5 Å². The first kappa shape index (κ1) is 24.0. The highest BCUT2D eigenvalue weighted by atomic mass is 32.2. The van der Waals surface area contributed by atoms with E-state index in [2.05, 4.69) is 10.2 Å². The summed E-state index contributed by atoms with van der Waals surface area (Å²) in [5.41, 5.74) is 3.06. The van der Waals surface area contributed by atoms with E-state index in [1.54, 1.807) is 24.3 Å². The van der Waals surface area contributed by atoms with E-state index in [0.29, 0.717) is 48.3 Å². The Kier molecular flexibility index (Phi) is 6.99. The number of halogens is 2. The first-order valence-corrected chi connectivity index (χ1v) is 12.7. The van der Waals surface area contributed by atoms with Crippen LogP contribution in [0.1, 0.15) is 21.7 Å². The highest BCUT2D eigenvalue weighted by Crippen LogP contribution is 2.26. The van der Waals surface area contributed by atoms with Gasteiger partial charge in [0.05, 0.1) is 5.69 Å². The van der Waals surface area contributed by atoms with Crippen molar-refractivity contribution in [1.29, 1.82) is 0 Å². The second-order valence-corrected chi connectivity index (χ2v) is 9.50.